The lowest BCUT2D eigenvalue weighted by molar-refractivity contribution is 0.190. The Hall–Kier alpha value is -1.66. The third kappa shape index (κ3) is 4.50. The predicted molar refractivity (Wildman–Crippen MR) is 76.0 cm³/mol. The number of methoxy groups -OCH3 is 2. The van der Waals surface area contributed by atoms with Crippen molar-refractivity contribution in [2.45, 2.75) is 6.92 Å². The first-order valence-corrected chi connectivity index (χ1v) is 6.15. The van der Waals surface area contributed by atoms with Gasteiger partial charge in [-0.1, -0.05) is 0 Å². The Morgan fingerprint density at radius 2 is 1.84 bits per heavy atom. The van der Waals surface area contributed by atoms with Crippen LogP contribution in [-0.2, 0) is 9.47 Å². The van der Waals surface area contributed by atoms with Crippen molar-refractivity contribution in [1.82, 2.24) is 4.98 Å². The summed E-state index contributed by atoms with van der Waals surface area (Å²) >= 11 is 0. The van der Waals surface area contributed by atoms with E-state index in [2.05, 4.69) is 4.98 Å². The average molecular weight is 266 g/mol. The van der Waals surface area contributed by atoms with Crippen molar-refractivity contribution < 1.29 is 9.47 Å². The lowest BCUT2D eigenvalue weighted by Gasteiger charge is -2.25. The number of nitrogen functional groups attached to an aromatic ring is 1. The highest BCUT2D eigenvalue weighted by Crippen LogP contribution is 2.18. The van der Waals surface area contributed by atoms with Gasteiger partial charge in [-0.25, -0.2) is 4.98 Å². The normalized spacial score (nSPS) is 10.5. The van der Waals surface area contributed by atoms with Gasteiger partial charge in [0.25, 0.3) is 0 Å². The summed E-state index contributed by atoms with van der Waals surface area (Å²) in [6.07, 6.45) is 0. The largest absolute Gasteiger partial charge is 0.384 e. The maximum absolute atomic E-state index is 7.64. The molecule has 0 fully saturated rings. The second kappa shape index (κ2) is 7.70. The summed E-state index contributed by atoms with van der Waals surface area (Å²) in [5.74, 6) is 0.726. The van der Waals surface area contributed by atoms with Crippen LogP contribution in [0.4, 0.5) is 5.82 Å². The van der Waals surface area contributed by atoms with Crippen molar-refractivity contribution in [2.75, 3.05) is 45.4 Å². The minimum atomic E-state index is 0.0160. The molecule has 0 saturated heterocycles. The van der Waals surface area contributed by atoms with Crippen molar-refractivity contribution in [2.24, 2.45) is 5.73 Å². The van der Waals surface area contributed by atoms with E-state index < -0.39 is 0 Å². The molecule has 1 heterocycles. The SMILES string of the molecule is COCCN(CCOC)c1nc(C)ccc1C(=N)N. The van der Waals surface area contributed by atoms with E-state index in [-0.39, 0.29) is 5.84 Å². The van der Waals surface area contributed by atoms with E-state index in [0.29, 0.717) is 37.7 Å². The monoisotopic (exact) mass is 266 g/mol. The lowest BCUT2D eigenvalue weighted by Crippen LogP contribution is -2.33. The van der Waals surface area contributed by atoms with Gasteiger partial charge in [0, 0.05) is 33.0 Å². The van der Waals surface area contributed by atoms with E-state index in [9.17, 15) is 0 Å². The average Bonchev–Trinajstić information content (AvgIpc) is 2.38. The summed E-state index contributed by atoms with van der Waals surface area (Å²) in [6.45, 7) is 4.43. The number of amidine groups is 1. The Balaban J connectivity index is 3.03. The predicted octanol–water partition coefficient (Wildman–Crippen LogP) is 0.773. The Morgan fingerprint density at radius 1 is 1.26 bits per heavy atom. The van der Waals surface area contributed by atoms with Crippen LogP contribution in [0.1, 0.15) is 11.3 Å². The number of aryl methyl sites for hydroxylation is 1. The maximum Gasteiger partial charge on any atom is 0.139 e. The summed E-state index contributed by atoms with van der Waals surface area (Å²) in [4.78, 5) is 6.52. The number of ether oxygens (including phenoxy) is 2. The van der Waals surface area contributed by atoms with Gasteiger partial charge in [-0.15, -0.1) is 0 Å². The quantitative estimate of drug-likeness (QED) is 0.536. The molecule has 0 amide bonds. The van der Waals surface area contributed by atoms with E-state index in [4.69, 9.17) is 20.6 Å². The van der Waals surface area contributed by atoms with Gasteiger partial charge in [0.2, 0.25) is 0 Å². The fraction of sp³-hybridized carbons (Fsp3) is 0.538. The molecule has 0 atom stereocenters. The van der Waals surface area contributed by atoms with Crippen LogP contribution in [0.2, 0.25) is 0 Å². The van der Waals surface area contributed by atoms with Crippen molar-refractivity contribution in [3.8, 4) is 0 Å². The van der Waals surface area contributed by atoms with Crippen LogP contribution in [0, 0.1) is 12.3 Å². The number of nitrogens with zero attached hydrogens (tertiary/aromatic N) is 2. The zero-order chi connectivity index (χ0) is 14.3. The molecule has 3 N–H and O–H groups in total. The van der Waals surface area contributed by atoms with E-state index in [1.54, 1.807) is 14.2 Å². The molecule has 106 valence electrons. The summed E-state index contributed by atoms with van der Waals surface area (Å²) < 4.78 is 10.2. The first-order valence-electron chi connectivity index (χ1n) is 6.15. The van der Waals surface area contributed by atoms with Crippen LogP contribution >= 0.6 is 0 Å². The number of hydrogen-bond acceptors (Lipinski definition) is 5. The van der Waals surface area contributed by atoms with Crippen LogP contribution in [0.15, 0.2) is 12.1 Å². The van der Waals surface area contributed by atoms with E-state index in [1.807, 2.05) is 24.0 Å². The molecule has 0 unspecified atom stereocenters. The van der Waals surface area contributed by atoms with Crippen molar-refractivity contribution in [3.63, 3.8) is 0 Å². The molecule has 0 spiro atoms. The van der Waals surface area contributed by atoms with Gasteiger partial charge in [-0.3, -0.25) is 5.41 Å². The molecule has 0 aliphatic rings. The molecular weight excluding hydrogens is 244 g/mol. The Kier molecular flexibility index (Phi) is 6.24. The third-order valence-electron chi connectivity index (χ3n) is 2.73. The smallest absolute Gasteiger partial charge is 0.139 e. The molecule has 0 saturated carbocycles. The van der Waals surface area contributed by atoms with E-state index >= 15 is 0 Å². The molecule has 1 aromatic heterocycles. The van der Waals surface area contributed by atoms with E-state index in [0.717, 1.165) is 5.69 Å². The maximum atomic E-state index is 7.64. The molecule has 19 heavy (non-hydrogen) atoms. The highest BCUT2D eigenvalue weighted by atomic mass is 16.5. The molecule has 1 rings (SSSR count). The van der Waals surface area contributed by atoms with Crippen molar-refractivity contribution in [3.05, 3.63) is 23.4 Å². The van der Waals surface area contributed by atoms with Gasteiger partial charge in [0.15, 0.2) is 0 Å². The molecular formula is C13H22N4O2. The summed E-state index contributed by atoms with van der Waals surface area (Å²) in [6, 6.07) is 3.68. The zero-order valence-electron chi connectivity index (χ0n) is 11.8. The molecule has 0 aromatic carbocycles. The molecule has 0 aliphatic carbocycles. The highest BCUT2D eigenvalue weighted by Gasteiger charge is 2.14. The van der Waals surface area contributed by atoms with Gasteiger partial charge in [0.05, 0.1) is 18.8 Å². The molecule has 6 heteroatoms. The molecule has 0 radical (unpaired) electrons. The van der Waals surface area contributed by atoms with Crippen LogP contribution in [0.5, 0.6) is 0 Å². The number of rotatable bonds is 8. The van der Waals surface area contributed by atoms with Crippen molar-refractivity contribution in [1.29, 1.82) is 5.41 Å². The van der Waals surface area contributed by atoms with Gasteiger partial charge >= 0.3 is 0 Å². The minimum absolute atomic E-state index is 0.0160. The van der Waals surface area contributed by atoms with E-state index in [1.165, 1.54) is 0 Å². The number of aromatic nitrogens is 1. The fourth-order valence-corrected chi connectivity index (χ4v) is 1.72. The Labute approximate surface area is 114 Å². The number of anilines is 1. The fourth-order valence-electron chi connectivity index (χ4n) is 1.72. The third-order valence-corrected chi connectivity index (χ3v) is 2.73. The molecule has 1 aromatic rings. The van der Waals surface area contributed by atoms with Gasteiger partial charge in [-0.2, -0.15) is 0 Å². The zero-order valence-corrected chi connectivity index (χ0v) is 11.8. The van der Waals surface area contributed by atoms with Crippen LogP contribution < -0.4 is 10.6 Å². The number of nitrogens with one attached hydrogen (secondary N) is 1. The first-order chi connectivity index (χ1) is 9.10. The van der Waals surface area contributed by atoms with Crippen LogP contribution in [0.25, 0.3) is 0 Å². The second-order valence-electron chi connectivity index (χ2n) is 4.21. The highest BCUT2D eigenvalue weighted by molar-refractivity contribution is 5.99. The topological polar surface area (TPSA) is 84.5 Å². The number of nitrogens with two attached hydrogens (primary N) is 1. The molecule has 0 bridgehead atoms. The number of hydrogen-bond donors (Lipinski definition) is 2. The first kappa shape index (κ1) is 15.4. The van der Waals surface area contributed by atoms with Gasteiger partial charge in [0.1, 0.15) is 11.7 Å². The molecule has 6 nitrogen and oxygen atoms in total. The minimum Gasteiger partial charge on any atom is -0.384 e. The van der Waals surface area contributed by atoms with Gasteiger partial charge < -0.3 is 20.1 Å². The standard InChI is InChI=1S/C13H22N4O2/c1-10-4-5-11(12(14)15)13(16-10)17(6-8-18-2)7-9-19-3/h4-5H,6-9H2,1-3H3,(H3,14,15). The lowest BCUT2D eigenvalue weighted by atomic mass is 10.2. The van der Waals surface area contributed by atoms with Crippen LogP contribution in [-0.4, -0.2) is 51.3 Å². The molecule has 0 aliphatic heterocycles. The van der Waals surface area contributed by atoms with Crippen molar-refractivity contribution >= 4 is 11.7 Å². The van der Waals surface area contributed by atoms with Crippen LogP contribution in [0.3, 0.4) is 0 Å². The Bertz CT molecular complexity index is 415. The summed E-state index contributed by atoms with van der Waals surface area (Å²) in [5.41, 5.74) is 7.14. The number of pyridine rings is 1. The summed E-state index contributed by atoms with van der Waals surface area (Å²) in [5, 5.41) is 7.64. The second-order valence-corrected chi connectivity index (χ2v) is 4.21. The Morgan fingerprint density at radius 3 is 2.32 bits per heavy atom. The van der Waals surface area contributed by atoms with Gasteiger partial charge in [-0.05, 0) is 19.1 Å². The summed E-state index contributed by atoms with van der Waals surface area (Å²) in [7, 11) is 3.31.